The molecule has 110 valence electrons. The van der Waals surface area contributed by atoms with Gasteiger partial charge in [0, 0.05) is 29.6 Å². The maximum Gasteiger partial charge on any atom is 0.271 e. The Kier molecular flexibility index (Phi) is 3.06. The van der Waals surface area contributed by atoms with Crippen LogP contribution in [0, 0.1) is 0 Å². The van der Waals surface area contributed by atoms with E-state index >= 15 is 0 Å². The molecule has 0 radical (unpaired) electrons. The van der Waals surface area contributed by atoms with Crippen LogP contribution in [0.1, 0.15) is 16.9 Å². The maximum atomic E-state index is 12.5. The minimum absolute atomic E-state index is 0.101. The van der Waals surface area contributed by atoms with E-state index in [4.69, 9.17) is 11.5 Å². The molecule has 1 saturated heterocycles. The first-order valence-corrected chi connectivity index (χ1v) is 6.62. The summed E-state index contributed by atoms with van der Waals surface area (Å²) in [7, 11) is 0. The molecule has 6 N–H and O–H groups in total. The first-order chi connectivity index (χ1) is 9.95. The Hall–Kier alpha value is -2.54. The molecule has 1 aromatic carbocycles. The van der Waals surface area contributed by atoms with Crippen LogP contribution in [0.15, 0.2) is 24.3 Å². The van der Waals surface area contributed by atoms with Gasteiger partial charge in [-0.15, -0.1) is 0 Å². The van der Waals surface area contributed by atoms with Crippen LogP contribution in [-0.4, -0.2) is 45.5 Å². The van der Waals surface area contributed by atoms with Crippen molar-refractivity contribution < 1.29 is 14.7 Å². The van der Waals surface area contributed by atoms with Gasteiger partial charge in [0.25, 0.3) is 5.91 Å². The van der Waals surface area contributed by atoms with Gasteiger partial charge in [0.1, 0.15) is 11.7 Å². The van der Waals surface area contributed by atoms with Crippen molar-refractivity contribution in [3.05, 3.63) is 30.0 Å². The lowest BCUT2D eigenvalue weighted by Gasteiger charge is -2.21. The molecule has 2 heterocycles. The van der Waals surface area contributed by atoms with Crippen molar-refractivity contribution in [2.24, 2.45) is 5.73 Å². The fraction of sp³-hybridized carbons (Fsp3) is 0.286. The zero-order chi connectivity index (χ0) is 15.1. The lowest BCUT2D eigenvalue weighted by Crippen LogP contribution is -2.43. The average Bonchev–Trinajstić information content (AvgIpc) is 3.00. The topological polar surface area (TPSA) is 125 Å². The van der Waals surface area contributed by atoms with Gasteiger partial charge in [0.2, 0.25) is 5.91 Å². The molecular formula is C14H16N4O3. The van der Waals surface area contributed by atoms with Gasteiger partial charge in [0.15, 0.2) is 0 Å². The quantitative estimate of drug-likeness (QED) is 0.571. The highest BCUT2D eigenvalue weighted by Gasteiger charge is 2.38. The number of anilines is 1. The molecule has 2 unspecified atom stereocenters. The first kappa shape index (κ1) is 13.4. The van der Waals surface area contributed by atoms with Crippen molar-refractivity contribution in [2.45, 2.75) is 18.6 Å². The van der Waals surface area contributed by atoms with E-state index in [9.17, 15) is 14.7 Å². The normalized spacial score (nSPS) is 21.9. The van der Waals surface area contributed by atoms with Crippen molar-refractivity contribution in [1.29, 1.82) is 0 Å². The van der Waals surface area contributed by atoms with E-state index in [1.54, 1.807) is 24.3 Å². The number of carbonyl (C=O) groups excluding carboxylic acids is 2. The molecule has 2 aromatic rings. The number of nitrogens with zero attached hydrogens (tertiary/aromatic N) is 1. The fourth-order valence-corrected chi connectivity index (χ4v) is 2.73. The van der Waals surface area contributed by atoms with Gasteiger partial charge in [-0.3, -0.25) is 9.59 Å². The predicted octanol–water partition coefficient (Wildman–Crippen LogP) is -0.189. The Morgan fingerprint density at radius 3 is 2.81 bits per heavy atom. The molecule has 7 nitrogen and oxygen atoms in total. The maximum absolute atomic E-state index is 12.5. The Morgan fingerprint density at radius 1 is 1.33 bits per heavy atom. The van der Waals surface area contributed by atoms with Gasteiger partial charge in [-0.25, -0.2) is 0 Å². The number of benzene rings is 1. The number of aliphatic hydroxyl groups excluding tert-OH is 1. The lowest BCUT2D eigenvalue weighted by atomic mass is 10.2. The number of hydrogen-bond acceptors (Lipinski definition) is 4. The molecule has 3 rings (SSSR count). The second kappa shape index (κ2) is 4.78. The van der Waals surface area contributed by atoms with Gasteiger partial charge in [0.05, 0.1) is 6.10 Å². The van der Waals surface area contributed by atoms with E-state index in [0.29, 0.717) is 11.4 Å². The highest BCUT2D eigenvalue weighted by molar-refractivity contribution is 6.00. The fourth-order valence-electron chi connectivity index (χ4n) is 2.73. The van der Waals surface area contributed by atoms with E-state index in [0.717, 1.165) is 10.9 Å². The summed E-state index contributed by atoms with van der Waals surface area (Å²) in [5.74, 6) is -0.967. The Balaban J connectivity index is 1.94. The van der Waals surface area contributed by atoms with Gasteiger partial charge in [-0.1, -0.05) is 0 Å². The molecular weight excluding hydrogens is 272 g/mol. The van der Waals surface area contributed by atoms with E-state index < -0.39 is 18.1 Å². The molecule has 7 heteroatoms. The third-order valence-electron chi connectivity index (χ3n) is 3.74. The number of primary amides is 1. The number of likely N-dealkylation sites (tertiary alicyclic amines) is 1. The number of fused-ring (bicyclic) bond motifs is 1. The summed E-state index contributed by atoms with van der Waals surface area (Å²) in [6.07, 6.45) is -0.555. The Labute approximate surface area is 120 Å². The van der Waals surface area contributed by atoms with E-state index in [1.165, 1.54) is 4.90 Å². The summed E-state index contributed by atoms with van der Waals surface area (Å²) >= 11 is 0. The molecule has 21 heavy (non-hydrogen) atoms. The van der Waals surface area contributed by atoms with Crippen LogP contribution in [0.25, 0.3) is 10.9 Å². The largest absolute Gasteiger partial charge is 0.399 e. The number of nitrogens with two attached hydrogens (primary N) is 2. The van der Waals surface area contributed by atoms with Gasteiger partial charge in [-0.05, 0) is 24.3 Å². The molecule has 0 saturated carbocycles. The van der Waals surface area contributed by atoms with Crippen molar-refractivity contribution in [3.63, 3.8) is 0 Å². The molecule has 1 fully saturated rings. The predicted molar refractivity (Wildman–Crippen MR) is 77.4 cm³/mol. The summed E-state index contributed by atoms with van der Waals surface area (Å²) < 4.78 is 0. The summed E-state index contributed by atoms with van der Waals surface area (Å²) in [5.41, 5.74) is 12.7. The Bertz CT molecular complexity index is 724. The number of aliphatic hydroxyl groups is 1. The van der Waals surface area contributed by atoms with E-state index in [-0.39, 0.29) is 18.9 Å². The molecule has 1 aliphatic rings. The monoisotopic (exact) mass is 288 g/mol. The number of hydrogen-bond donors (Lipinski definition) is 4. The number of H-pyrrole nitrogens is 1. The van der Waals surface area contributed by atoms with Crippen molar-refractivity contribution in [3.8, 4) is 0 Å². The SMILES string of the molecule is NC(=O)C1CC(O)CN1C(=O)c1cc2cc(N)ccc2[nH]1. The Morgan fingerprint density at radius 2 is 2.10 bits per heavy atom. The number of amides is 2. The molecule has 2 amide bonds. The smallest absolute Gasteiger partial charge is 0.271 e. The summed E-state index contributed by atoms with van der Waals surface area (Å²) in [6, 6.07) is 6.18. The van der Waals surface area contributed by atoms with E-state index in [1.807, 2.05) is 0 Å². The van der Waals surface area contributed by atoms with Crippen LogP contribution in [0.4, 0.5) is 5.69 Å². The second-order valence-corrected chi connectivity index (χ2v) is 5.29. The van der Waals surface area contributed by atoms with Crippen LogP contribution in [0.5, 0.6) is 0 Å². The zero-order valence-corrected chi connectivity index (χ0v) is 11.2. The highest BCUT2D eigenvalue weighted by Crippen LogP contribution is 2.23. The molecule has 1 aromatic heterocycles. The standard InChI is InChI=1S/C14H16N4O3/c15-8-1-2-10-7(3-8)4-11(17-10)14(21)18-6-9(19)5-12(18)13(16)20/h1-4,9,12,17,19H,5-6,15H2,(H2,16,20). The van der Waals surface area contributed by atoms with Gasteiger partial charge < -0.3 is 26.5 Å². The van der Waals surface area contributed by atoms with Crippen molar-refractivity contribution in [2.75, 3.05) is 12.3 Å². The lowest BCUT2D eigenvalue weighted by molar-refractivity contribution is -0.121. The van der Waals surface area contributed by atoms with Gasteiger partial charge in [-0.2, -0.15) is 0 Å². The number of nitrogen functional groups attached to an aromatic ring is 1. The summed E-state index contributed by atoms with van der Waals surface area (Å²) in [4.78, 5) is 28.2. The molecule has 0 bridgehead atoms. The van der Waals surface area contributed by atoms with Crippen LogP contribution >= 0.6 is 0 Å². The third-order valence-corrected chi connectivity index (χ3v) is 3.74. The van der Waals surface area contributed by atoms with Crippen molar-refractivity contribution >= 4 is 28.4 Å². The molecule has 0 spiro atoms. The molecule has 1 aliphatic heterocycles. The van der Waals surface area contributed by atoms with Crippen molar-refractivity contribution in [1.82, 2.24) is 9.88 Å². The number of aromatic amines is 1. The van der Waals surface area contributed by atoms with E-state index in [2.05, 4.69) is 4.98 Å². The number of nitrogens with one attached hydrogen (secondary N) is 1. The highest BCUT2D eigenvalue weighted by atomic mass is 16.3. The second-order valence-electron chi connectivity index (χ2n) is 5.29. The molecule has 2 atom stereocenters. The minimum Gasteiger partial charge on any atom is -0.399 e. The number of β-amino-alcohol motifs (C(OH)–C–C–N with tert-alkyl or cyclic N) is 1. The summed E-state index contributed by atoms with van der Waals surface area (Å²) in [5, 5.41) is 10.5. The number of carbonyl (C=O) groups is 2. The summed E-state index contributed by atoms with van der Waals surface area (Å²) in [6.45, 7) is 0.101. The first-order valence-electron chi connectivity index (χ1n) is 6.62. The number of rotatable bonds is 2. The minimum atomic E-state index is -0.774. The number of aromatic nitrogens is 1. The van der Waals surface area contributed by atoms with Crippen LogP contribution < -0.4 is 11.5 Å². The third kappa shape index (κ3) is 2.31. The average molecular weight is 288 g/mol. The van der Waals surface area contributed by atoms with Crippen LogP contribution in [-0.2, 0) is 4.79 Å². The van der Waals surface area contributed by atoms with Gasteiger partial charge >= 0.3 is 0 Å². The van der Waals surface area contributed by atoms with Crippen LogP contribution in [0.3, 0.4) is 0 Å². The zero-order valence-electron chi connectivity index (χ0n) is 11.2. The van der Waals surface area contributed by atoms with Crippen LogP contribution in [0.2, 0.25) is 0 Å². The molecule has 0 aliphatic carbocycles.